The quantitative estimate of drug-likeness (QED) is 0.583. The van der Waals surface area contributed by atoms with E-state index >= 15 is 0 Å². The summed E-state index contributed by atoms with van der Waals surface area (Å²) in [6, 6.07) is 7.69. The van der Waals surface area contributed by atoms with Crippen molar-refractivity contribution in [3.8, 4) is 0 Å². The zero-order chi connectivity index (χ0) is 24.2. The Labute approximate surface area is 188 Å². The Morgan fingerprint density at radius 2 is 1.82 bits per heavy atom. The van der Waals surface area contributed by atoms with Crippen LogP contribution < -0.4 is 10.6 Å². The summed E-state index contributed by atoms with van der Waals surface area (Å²) < 4.78 is 83.6. The standard InChI is InChI=1S/C21H23F4N3O4S/c1-28(33(30,31)17-8-6-16(22)7-9-17)13-19(29)27-20(18-12-26-10-11-32-18)14-2-4-15(5-3-14)21(23,24)25/h2-9,18,20,26H,10-13H2,1H3,(H,27,29). The number of hydrogen-bond donors (Lipinski definition) is 2. The second-order valence-corrected chi connectivity index (χ2v) is 9.54. The van der Waals surface area contributed by atoms with Crippen LogP contribution in [0.3, 0.4) is 0 Å². The Morgan fingerprint density at radius 3 is 2.36 bits per heavy atom. The van der Waals surface area contributed by atoms with Gasteiger partial charge < -0.3 is 15.4 Å². The third-order valence-electron chi connectivity index (χ3n) is 5.13. The van der Waals surface area contributed by atoms with Gasteiger partial charge in [-0.05, 0) is 42.0 Å². The lowest BCUT2D eigenvalue weighted by Gasteiger charge is -2.32. The molecule has 0 bridgehead atoms. The molecule has 12 heteroatoms. The Bertz CT molecular complexity index is 1050. The first-order chi connectivity index (χ1) is 15.5. The SMILES string of the molecule is CN(CC(=O)NC(c1ccc(C(F)(F)F)cc1)C1CNCCO1)S(=O)(=O)c1ccc(F)cc1. The lowest BCUT2D eigenvalue weighted by molar-refractivity contribution is -0.137. The van der Waals surface area contributed by atoms with Crippen LogP contribution in [0.15, 0.2) is 53.4 Å². The predicted molar refractivity (Wildman–Crippen MR) is 111 cm³/mol. The molecule has 1 aliphatic heterocycles. The third-order valence-corrected chi connectivity index (χ3v) is 6.95. The molecule has 1 aliphatic rings. The monoisotopic (exact) mass is 489 g/mol. The van der Waals surface area contributed by atoms with E-state index in [9.17, 15) is 30.8 Å². The van der Waals surface area contributed by atoms with Gasteiger partial charge in [-0.3, -0.25) is 4.79 Å². The van der Waals surface area contributed by atoms with E-state index in [1.165, 1.54) is 19.2 Å². The fourth-order valence-corrected chi connectivity index (χ4v) is 4.49. The van der Waals surface area contributed by atoms with Crippen LogP contribution in [-0.4, -0.2) is 58.0 Å². The molecule has 0 spiro atoms. The number of sulfonamides is 1. The maximum Gasteiger partial charge on any atom is 0.416 e. The van der Waals surface area contributed by atoms with Crippen LogP contribution in [0.5, 0.6) is 0 Å². The molecule has 3 rings (SSSR count). The van der Waals surface area contributed by atoms with Crippen molar-refractivity contribution in [2.75, 3.05) is 33.3 Å². The Hall–Kier alpha value is -2.54. The topological polar surface area (TPSA) is 87.7 Å². The second-order valence-electron chi connectivity index (χ2n) is 7.49. The van der Waals surface area contributed by atoms with Crippen LogP contribution in [0.25, 0.3) is 0 Å². The molecule has 2 N–H and O–H groups in total. The van der Waals surface area contributed by atoms with Gasteiger partial charge >= 0.3 is 6.18 Å². The van der Waals surface area contributed by atoms with Gasteiger partial charge in [0, 0.05) is 20.1 Å². The van der Waals surface area contributed by atoms with Crippen LogP contribution in [0, 0.1) is 5.82 Å². The number of carbonyl (C=O) groups is 1. The van der Waals surface area contributed by atoms with E-state index in [1.54, 1.807) is 0 Å². The molecule has 2 aromatic carbocycles. The number of ether oxygens (including phenoxy) is 1. The molecule has 2 unspecified atom stereocenters. The zero-order valence-electron chi connectivity index (χ0n) is 17.6. The number of halogens is 4. The molecule has 33 heavy (non-hydrogen) atoms. The van der Waals surface area contributed by atoms with Crippen LogP contribution in [0.2, 0.25) is 0 Å². The smallest absolute Gasteiger partial charge is 0.373 e. The average Bonchev–Trinajstić information content (AvgIpc) is 2.78. The summed E-state index contributed by atoms with van der Waals surface area (Å²) in [4.78, 5) is 12.5. The summed E-state index contributed by atoms with van der Waals surface area (Å²) in [5.41, 5.74) is -0.446. The Kier molecular flexibility index (Phi) is 7.73. The van der Waals surface area contributed by atoms with Crippen LogP contribution >= 0.6 is 0 Å². The number of morpholine rings is 1. The minimum absolute atomic E-state index is 0.182. The first kappa shape index (κ1) is 25.1. The molecule has 1 fully saturated rings. The number of nitrogens with zero attached hydrogens (tertiary/aromatic N) is 1. The fourth-order valence-electron chi connectivity index (χ4n) is 3.36. The molecule has 1 amide bonds. The minimum atomic E-state index is -4.50. The lowest BCUT2D eigenvalue weighted by Crippen LogP contribution is -2.49. The van der Waals surface area contributed by atoms with Crippen LogP contribution in [-0.2, 0) is 25.7 Å². The number of hydrogen-bond acceptors (Lipinski definition) is 5. The highest BCUT2D eigenvalue weighted by Gasteiger charge is 2.32. The van der Waals surface area contributed by atoms with E-state index in [0.29, 0.717) is 25.3 Å². The number of likely N-dealkylation sites (N-methyl/N-ethyl adjacent to an activating group) is 1. The molecule has 0 aliphatic carbocycles. The number of alkyl halides is 3. The van der Waals surface area contributed by atoms with Crippen LogP contribution in [0.4, 0.5) is 17.6 Å². The van der Waals surface area contributed by atoms with E-state index in [0.717, 1.165) is 40.7 Å². The molecule has 0 radical (unpaired) electrons. The maximum absolute atomic E-state index is 13.1. The molecule has 1 saturated heterocycles. The van der Waals surface area contributed by atoms with E-state index in [1.807, 2.05) is 0 Å². The highest BCUT2D eigenvalue weighted by molar-refractivity contribution is 7.89. The average molecular weight is 489 g/mol. The normalized spacial score (nSPS) is 18.2. The van der Waals surface area contributed by atoms with Gasteiger partial charge in [0.1, 0.15) is 5.82 Å². The number of rotatable bonds is 7. The summed E-state index contributed by atoms with van der Waals surface area (Å²) in [5, 5.41) is 5.77. The first-order valence-corrected chi connectivity index (χ1v) is 11.4. The fraction of sp³-hybridized carbons (Fsp3) is 0.381. The Morgan fingerprint density at radius 1 is 1.18 bits per heavy atom. The summed E-state index contributed by atoms with van der Waals surface area (Å²) in [6.07, 6.45) is -5.07. The van der Waals surface area contributed by atoms with Crippen molar-refractivity contribution in [3.05, 3.63) is 65.5 Å². The minimum Gasteiger partial charge on any atom is -0.373 e. The molecule has 7 nitrogen and oxygen atoms in total. The number of benzene rings is 2. The number of nitrogens with one attached hydrogen (secondary N) is 2. The molecule has 0 aromatic heterocycles. The van der Waals surface area contributed by atoms with Crippen molar-refractivity contribution >= 4 is 15.9 Å². The van der Waals surface area contributed by atoms with Gasteiger partial charge in [0.05, 0.1) is 35.8 Å². The number of amides is 1. The molecule has 2 aromatic rings. The van der Waals surface area contributed by atoms with Crippen LogP contribution in [0.1, 0.15) is 17.2 Å². The van der Waals surface area contributed by atoms with E-state index < -0.39 is 52.2 Å². The second kappa shape index (κ2) is 10.2. The van der Waals surface area contributed by atoms with Gasteiger partial charge in [-0.1, -0.05) is 12.1 Å². The van der Waals surface area contributed by atoms with Gasteiger partial charge in [0.2, 0.25) is 15.9 Å². The van der Waals surface area contributed by atoms with Gasteiger partial charge in [-0.25, -0.2) is 12.8 Å². The van der Waals surface area contributed by atoms with E-state index in [4.69, 9.17) is 4.74 Å². The molecule has 1 heterocycles. The van der Waals surface area contributed by atoms with Gasteiger partial charge in [-0.15, -0.1) is 0 Å². The van der Waals surface area contributed by atoms with E-state index in [2.05, 4.69) is 10.6 Å². The largest absolute Gasteiger partial charge is 0.416 e. The predicted octanol–water partition coefficient (Wildman–Crippen LogP) is 2.31. The summed E-state index contributed by atoms with van der Waals surface area (Å²) in [7, 11) is -2.86. The van der Waals surface area contributed by atoms with Gasteiger partial charge in [-0.2, -0.15) is 17.5 Å². The van der Waals surface area contributed by atoms with Crippen molar-refractivity contribution in [1.29, 1.82) is 0 Å². The number of carbonyl (C=O) groups excluding carboxylic acids is 1. The van der Waals surface area contributed by atoms with E-state index in [-0.39, 0.29) is 4.90 Å². The van der Waals surface area contributed by atoms with Crippen molar-refractivity contribution in [1.82, 2.24) is 14.9 Å². The highest BCUT2D eigenvalue weighted by Crippen LogP contribution is 2.31. The van der Waals surface area contributed by atoms with Crippen molar-refractivity contribution < 1.29 is 35.5 Å². The summed E-state index contributed by atoms with van der Waals surface area (Å²) >= 11 is 0. The molecule has 180 valence electrons. The molecule has 0 saturated carbocycles. The highest BCUT2D eigenvalue weighted by atomic mass is 32.2. The van der Waals surface area contributed by atoms with Crippen molar-refractivity contribution in [2.45, 2.75) is 23.2 Å². The van der Waals surface area contributed by atoms with Gasteiger partial charge in [0.25, 0.3) is 0 Å². The lowest BCUT2D eigenvalue weighted by atomic mass is 9.98. The summed E-state index contributed by atoms with van der Waals surface area (Å²) in [6.45, 7) is 0.714. The Balaban J connectivity index is 1.76. The molecular weight excluding hydrogens is 466 g/mol. The van der Waals surface area contributed by atoms with Gasteiger partial charge in [0.15, 0.2) is 0 Å². The zero-order valence-corrected chi connectivity index (χ0v) is 18.4. The molecular formula is C21H23F4N3O4S. The molecule has 2 atom stereocenters. The summed E-state index contributed by atoms with van der Waals surface area (Å²) in [5.74, 6) is -1.28. The van der Waals surface area contributed by atoms with Crippen molar-refractivity contribution in [3.63, 3.8) is 0 Å². The first-order valence-electron chi connectivity index (χ1n) is 9.99. The third kappa shape index (κ3) is 6.28. The van der Waals surface area contributed by atoms with Crippen molar-refractivity contribution in [2.24, 2.45) is 0 Å². The maximum atomic E-state index is 13.1.